The number of para-hydroxylation sites is 1. The van der Waals surface area contributed by atoms with Crippen LogP contribution >= 0.6 is 0 Å². The van der Waals surface area contributed by atoms with Crippen LogP contribution in [0.3, 0.4) is 0 Å². The summed E-state index contributed by atoms with van der Waals surface area (Å²) in [4.78, 5) is 21.0. The van der Waals surface area contributed by atoms with Gasteiger partial charge in [0.1, 0.15) is 5.82 Å². The van der Waals surface area contributed by atoms with Crippen LogP contribution in [0.15, 0.2) is 36.9 Å². The van der Waals surface area contributed by atoms with Crippen LogP contribution in [0, 0.1) is 5.82 Å². The van der Waals surface area contributed by atoms with Crippen molar-refractivity contribution in [2.24, 2.45) is 0 Å². The summed E-state index contributed by atoms with van der Waals surface area (Å²) in [6, 6.07) is 6.89. The molecule has 6 heteroatoms. The van der Waals surface area contributed by atoms with Crippen LogP contribution in [-0.2, 0) is 4.79 Å². The van der Waals surface area contributed by atoms with E-state index >= 15 is 0 Å². The molecule has 2 aliphatic rings. The molecule has 25 heavy (non-hydrogen) atoms. The monoisotopic (exact) mass is 346 g/mol. The molecule has 1 aromatic rings. The summed E-state index contributed by atoms with van der Waals surface area (Å²) in [7, 11) is 0. The number of halogens is 1. The van der Waals surface area contributed by atoms with Gasteiger partial charge in [-0.15, -0.1) is 6.58 Å². The number of amides is 1. The van der Waals surface area contributed by atoms with Crippen molar-refractivity contribution in [3.05, 3.63) is 42.7 Å². The first-order valence-electron chi connectivity index (χ1n) is 9.00. The maximum Gasteiger partial charge on any atom is 0.236 e. The Morgan fingerprint density at radius 1 is 1.00 bits per heavy atom. The number of rotatable bonds is 5. The number of benzene rings is 1. The van der Waals surface area contributed by atoms with Crippen LogP contribution in [0.4, 0.5) is 10.1 Å². The van der Waals surface area contributed by atoms with E-state index in [9.17, 15) is 9.18 Å². The molecule has 0 radical (unpaired) electrons. The predicted octanol–water partition coefficient (Wildman–Crippen LogP) is 1.28. The average Bonchev–Trinajstić information content (AvgIpc) is 2.64. The molecular weight excluding hydrogens is 319 g/mol. The van der Waals surface area contributed by atoms with E-state index in [4.69, 9.17) is 0 Å². The molecule has 0 bridgehead atoms. The number of hydrogen-bond acceptors (Lipinski definition) is 4. The fourth-order valence-corrected chi connectivity index (χ4v) is 3.51. The Balaban J connectivity index is 1.44. The van der Waals surface area contributed by atoms with Crippen molar-refractivity contribution in [1.29, 1.82) is 0 Å². The number of nitrogens with zero attached hydrogens (tertiary/aromatic N) is 4. The van der Waals surface area contributed by atoms with Crippen LogP contribution in [0.5, 0.6) is 0 Å². The van der Waals surface area contributed by atoms with Gasteiger partial charge in [-0.05, 0) is 12.1 Å². The van der Waals surface area contributed by atoms with Crippen molar-refractivity contribution in [1.82, 2.24) is 14.7 Å². The minimum absolute atomic E-state index is 0.176. The smallest absolute Gasteiger partial charge is 0.236 e. The van der Waals surface area contributed by atoms with Gasteiger partial charge in [-0.1, -0.05) is 18.2 Å². The molecule has 0 N–H and O–H groups in total. The summed E-state index contributed by atoms with van der Waals surface area (Å²) in [5.41, 5.74) is 0.659. The number of piperazine rings is 2. The van der Waals surface area contributed by atoms with E-state index in [1.54, 1.807) is 6.07 Å². The molecule has 2 heterocycles. The van der Waals surface area contributed by atoms with Crippen LogP contribution in [0.1, 0.15) is 0 Å². The molecule has 2 aliphatic heterocycles. The normalized spacial score (nSPS) is 19.9. The van der Waals surface area contributed by atoms with Crippen molar-refractivity contribution in [3.8, 4) is 0 Å². The van der Waals surface area contributed by atoms with Crippen molar-refractivity contribution >= 4 is 11.6 Å². The van der Waals surface area contributed by atoms with E-state index in [0.29, 0.717) is 12.2 Å². The van der Waals surface area contributed by atoms with Gasteiger partial charge in [0, 0.05) is 58.9 Å². The van der Waals surface area contributed by atoms with Crippen LogP contribution in [0.2, 0.25) is 0 Å². The first-order valence-corrected chi connectivity index (χ1v) is 9.00. The highest BCUT2D eigenvalue weighted by atomic mass is 19.1. The Labute approximate surface area is 149 Å². The molecule has 136 valence electrons. The van der Waals surface area contributed by atoms with Gasteiger partial charge in [0.05, 0.1) is 12.2 Å². The van der Waals surface area contributed by atoms with Gasteiger partial charge >= 0.3 is 0 Å². The van der Waals surface area contributed by atoms with Crippen molar-refractivity contribution < 1.29 is 9.18 Å². The maximum atomic E-state index is 13.9. The van der Waals surface area contributed by atoms with Gasteiger partial charge in [-0.25, -0.2) is 4.39 Å². The number of hydrogen-bond donors (Lipinski definition) is 0. The standard InChI is InChI=1S/C19H27FN4O/c1-2-7-21-8-14-24(15-9-21)19(25)16-22-10-12-23(13-11-22)18-6-4-3-5-17(18)20/h2-6H,1,7-16H2. The third-order valence-corrected chi connectivity index (χ3v) is 5.04. The largest absolute Gasteiger partial charge is 0.367 e. The zero-order valence-electron chi connectivity index (χ0n) is 14.7. The fourth-order valence-electron chi connectivity index (χ4n) is 3.51. The third kappa shape index (κ3) is 4.58. The highest BCUT2D eigenvalue weighted by Crippen LogP contribution is 2.20. The Morgan fingerprint density at radius 2 is 1.64 bits per heavy atom. The molecule has 2 saturated heterocycles. The lowest BCUT2D eigenvalue weighted by molar-refractivity contribution is -0.134. The Hall–Kier alpha value is -1.92. The maximum absolute atomic E-state index is 13.9. The zero-order chi connectivity index (χ0) is 17.6. The van der Waals surface area contributed by atoms with E-state index in [0.717, 1.165) is 58.9 Å². The minimum Gasteiger partial charge on any atom is -0.367 e. The van der Waals surface area contributed by atoms with Crippen LogP contribution in [0.25, 0.3) is 0 Å². The molecule has 0 unspecified atom stereocenters. The molecule has 0 aliphatic carbocycles. The van der Waals surface area contributed by atoms with E-state index in [1.807, 2.05) is 23.1 Å². The zero-order valence-corrected chi connectivity index (χ0v) is 14.7. The second-order valence-corrected chi connectivity index (χ2v) is 6.68. The highest BCUT2D eigenvalue weighted by Gasteiger charge is 2.25. The topological polar surface area (TPSA) is 30.0 Å². The lowest BCUT2D eigenvalue weighted by Crippen LogP contribution is -2.53. The molecule has 2 fully saturated rings. The van der Waals surface area contributed by atoms with Crippen LogP contribution < -0.4 is 4.90 Å². The number of anilines is 1. The Morgan fingerprint density at radius 3 is 2.28 bits per heavy atom. The molecule has 1 amide bonds. The molecule has 0 saturated carbocycles. The van der Waals surface area contributed by atoms with E-state index in [2.05, 4.69) is 21.3 Å². The summed E-state index contributed by atoms with van der Waals surface area (Å²) in [5, 5.41) is 0. The second-order valence-electron chi connectivity index (χ2n) is 6.68. The fraction of sp³-hybridized carbons (Fsp3) is 0.526. The summed E-state index contributed by atoms with van der Waals surface area (Å²) in [6.45, 7) is 11.6. The second kappa shape index (κ2) is 8.45. The van der Waals surface area contributed by atoms with Crippen molar-refractivity contribution in [2.75, 3.05) is 70.3 Å². The Kier molecular flexibility index (Phi) is 6.04. The Bertz CT molecular complexity index is 593. The quantitative estimate of drug-likeness (QED) is 0.752. The van der Waals surface area contributed by atoms with Gasteiger partial charge < -0.3 is 9.80 Å². The van der Waals surface area contributed by atoms with Crippen molar-refractivity contribution in [2.45, 2.75) is 0 Å². The molecular formula is C19H27FN4O. The summed E-state index contributed by atoms with van der Waals surface area (Å²) >= 11 is 0. The van der Waals surface area contributed by atoms with Crippen LogP contribution in [-0.4, -0.2) is 86.1 Å². The predicted molar refractivity (Wildman–Crippen MR) is 98.3 cm³/mol. The van der Waals surface area contributed by atoms with E-state index in [1.165, 1.54) is 6.07 Å². The summed E-state index contributed by atoms with van der Waals surface area (Å²) < 4.78 is 13.9. The molecule has 5 nitrogen and oxygen atoms in total. The van der Waals surface area contributed by atoms with Gasteiger partial charge in [0.2, 0.25) is 5.91 Å². The van der Waals surface area contributed by atoms with E-state index < -0.39 is 0 Å². The van der Waals surface area contributed by atoms with Gasteiger partial charge in [0.15, 0.2) is 0 Å². The first-order chi connectivity index (χ1) is 12.2. The third-order valence-electron chi connectivity index (χ3n) is 5.04. The highest BCUT2D eigenvalue weighted by molar-refractivity contribution is 5.78. The summed E-state index contributed by atoms with van der Waals surface area (Å²) in [5.74, 6) is 0.0296. The van der Waals surface area contributed by atoms with Gasteiger partial charge in [-0.2, -0.15) is 0 Å². The summed E-state index contributed by atoms with van der Waals surface area (Å²) in [6.07, 6.45) is 1.91. The minimum atomic E-state index is -0.176. The SMILES string of the molecule is C=CCN1CCN(C(=O)CN2CCN(c3ccccc3F)CC2)CC1. The van der Waals surface area contributed by atoms with Crippen molar-refractivity contribution in [3.63, 3.8) is 0 Å². The molecule has 0 spiro atoms. The molecule has 0 aromatic heterocycles. The molecule has 1 aromatic carbocycles. The lowest BCUT2D eigenvalue weighted by atomic mass is 10.2. The molecule has 0 atom stereocenters. The average molecular weight is 346 g/mol. The van der Waals surface area contributed by atoms with Gasteiger partial charge in [-0.3, -0.25) is 14.6 Å². The molecule has 3 rings (SSSR count). The van der Waals surface area contributed by atoms with Gasteiger partial charge in [0.25, 0.3) is 0 Å². The first kappa shape index (κ1) is 17.9. The number of carbonyl (C=O) groups is 1. The van der Waals surface area contributed by atoms with E-state index in [-0.39, 0.29) is 11.7 Å². The number of carbonyl (C=O) groups excluding carboxylic acids is 1. The lowest BCUT2D eigenvalue weighted by Gasteiger charge is -2.38.